The number of anilines is 1. The number of halogens is 3. The Hall–Kier alpha value is -4.23. The molecule has 2 heterocycles. The minimum Gasteiger partial charge on any atom is -0.384 e. The lowest BCUT2D eigenvalue weighted by atomic mass is 10.1. The lowest BCUT2D eigenvalue weighted by Crippen LogP contribution is -2.35. The number of nitrogens with zero attached hydrogens (tertiary/aromatic N) is 5. The van der Waals surface area contributed by atoms with Gasteiger partial charge in [-0.25, -0.2) is 9.07 Å². The molecule has 0 saturated heterocycles. The number of pyridine rings is 1. The Bertz CT molecular complexity index is 1270. The Labute approximate surface area is 193 Å². The fourth-order valence-corrected chi connectivity index (χ4v) is 3.01. The lowest BCUT2D eigenvalue weighted by Gasteiger charge is -2.21. The number of alkyl halides is 2. The standard InChI is InChI=1S/C24H19F3N6O/c25-20-8-3-19(4-9-20)13-28-21-10-5-17(6-11-21)1-2-18-7-12-22(29-14-18)24(26,27)23(34)15-33-16-30-31-32-33/h3-12,14,16,23,28,34H,13,15H2. The molecular formula is C24H19F3N6O. The molecule has 0 fully saturated rings. The van der Waals surface area contributed by atoms with E-state index in [9.17, 15) is 18.3 Å². The molecule has 0 spiro atoms. The minimum atomic E-state index is -3.59. The minimum absolute atomic E-state index is 0.274. The molecule has 2 aromatic heterocycles. The van der Waals surface area contributed by atoms with Crippen LogP contribution in [0.2, 0.25) is 0 Å². The summed E-state index contributed by atoms with van der Waals surface area (Å²) in [6, 6.07) is 16.2. The van der Waals surface area contributed by atoms with Crippen molar-refractivity contribution in [3.8, 4) is 11.8 Å². The summed E-state index contributed by atoms with van der Waals surface area (Å²) in [5.74, 6) is 1.98. The van der Waals surface area contributed by atoms with Crippen LogP contribution in [-0.4, -0.2) is 36.4 Å². The summed E-state index contributed by atoms with van der Waals surface area (Å²) in [6.07, 6.45) is 0.327. The van der Waals surface area contributed by atoms with Crippen LogP contribution >= 0.6 is 0 Å². The second-order valence-corrected chi connectivity index (χ2v) is 7.41. The third-order valence-corrected chi connectivity index (χ3v) is 4.92. The largest absolute Gasteiger partial charge is 0.384 e. The third kappa shape index (κ3) is 5.76. The van der Waals surface area contributed by atoms with Crippen LogP contribution in [0.5, 0.6) is 0 Å². The molecule has 2 aromatic carbocycles. The van der Waals surface area contributed by atoms with Gasteiger partial charge in [-0.05, 0) is 64.5 Å². The topological polar surface area (TPSA) is 88.8 Å². The maximum absolute atomic E-state index is 14.5. The number of aliphatic hydroxyl groups excluding tert-OH is 1. The van der Waals surface area contributed by atoms with Gasteiger partial charge in [0.15, 0.2) is 0 Å². The molecule has 0 saturated carbocycles. The molecule has 4 rings (SSSR count). The summed E-state index contributed by atoms with van der Waals surface area (Å²) in [7, 11) is 0. The highest BCUT2D eigenvalue weighted by atomic mass is 19.3. The first-order chi connectivity index (χ1) is 16.4. The molecule has 172 valence electrons. The predicted molar refractivity (Wildman–Crippen MR) is 118 cm³/mol. The van der Waals surface area contributed by atoms with Gasteiger partial charge in [0.1, 0.15) is 23.9 Å². The third-order valence-electron chi connectivity index (χ3n) is 4.92. The first kappa shape index (κ1) is 22.9. The quantitative estimate of drug-likeness (QED) is 0.408. The fourth-order valence-electron chi connectivity index (χ4n) is 3.01. The summed E-state index contributed by atoms with van der Waals surface area (Å²) in [5, 5.41) is 23.3. The highest BCUT2D eigenvalue weighted by molar-refractivity contribution is 5.50. The summed E-state index contributed by atoms with van der Waals surface area (Å²) >= 11 is 0. The van der Waals surface area contributed by atoms with Crippen LogP contribution in [-0.2, 0) is 19.0 Å². The first-order valence-corrected chi connectivity index (χ1v) is 10.2. The molecule has 4 aromatic rings. The Morgan fingerprint density at radius 3 is 2.32 bits per heavy atom. The van der Waals surface area contributed by atoms with Crippen molar-refractivity contribution in [1.29, 1.82) is 0 Å². The maximum atomic E-state index is 14.5. The molecule has 0 aliphatic heterocycles. The number of nitrogens with one attached hydrogen (secondary N) is 1. The molecule has 0 radical (unpaired) electrons. The highest BCUT2D eigenvalue weighted by Gasteiger charge is 2.42. The fraction of sp³-hybridized carbons (Fsp3) is 0.167. The van der Waals surface area contributed by atoms with Crippen LogP contribution in [0.4, 0.5) is 18.9 Å². The van der Waals surface area contributed by atoms with E-state index in [0.717, 1.165) is 33.9 Å². The molecular weight excluding hydrogens is 445 g/mol. The molecule has 1 atom stereocenters. The monoisotopic (exact) mass is 464 g/mol. The SMILES string of the molecule is OC(Cn1cnnn1)C(F)(F)c1ccc(C#Cc2ccc(NCc3ccc(F)cc3)cc2)cn1. The van der Waals surface area contributed by atoms with Crippen LogP contribution in [0.3, 0.4) is 0 Å². The van der Waals surface area contributed by atoms with Crippen molar-refractivity contribution < 1.29 is 18.3 Å². The number of hydrogen-bond donors (Lipinski definition) is 2. The summed E-state index contributed by atoms with van der Waals surface area (Å²) in [5.41, 5.74) is 2.44. The molecule has 2 N–H and O–H groups in total. The number of tetrazole rings is 1. The van der Waals surface area contributed by atoms with E-state index >= 15 is 0 Å². The van der Waals surface area contributed by atoms with Gasteiger partial charge in [-0.15, -0.1) is 5.10 Å². The van der Waals surface area contributed by atoms with E-state index < -0.39 is 24.3 Å². The van der Waals surface area contributed by atoms with E-state index in [1.54, 1.807) is 12.1 Å². The lowest BCUT2D eigenvalue weighted by molar-refractivity contribution is -0.124. The van der Waals surface area contributed by atoms with E-state index in [1.807, 2.05) is 24.3 Å². The van der Waals surface area contributed by atoms with Crippen LogP contribution in [0.25, 0.3) is 0 Å². The molecule has 10 heteroatoms. The van der Waals surface area contributed by atoms with E-state index in [4.69, 9.17) is 0 Å². The van der Waals surface area contributed by atoms with Gasteiger partial charge in [-0.3, -0.25) is 4.98 Å². The van der Waals surface area contributed by atoms with Gasteiger partial charge >= 0.3 is 5.92 Å². The molecule has 0 amide bonds. The highest BCUT2D eigenvalue weighted by Crippen LogP contribution is 2.31. The molecule has 0 aliphatic carbocycles. The molecule has 34 heavy (non-hydrogen) atoms. The Morgan fingerprint density at radius 1 is 0.971 bits per heavy atom. The van der Waals surface area contributed by atoms with E-state index in [0.29, 0.717) is 12.1 Å². The average Bonchev–Trinajstić information content (AvgIpc) is 3.36. The molecule has 7 nitrogen and oxygen atoms in total. The van der Waals surface area contributed by atoms with Crippen LogP contribution in [0.1, 0.15) is 22.4 Å². The van der Waals surface area contributed by atoms with Gasteiger partial charge in [-0.1, -0.05) is 24.0 Å². The molecule has 0 aliphatic rings. The number of rotatable bonds is 7. The smallest absolute Gasteiger partial charge is 0.316 e. The Kier molecular flexibility index (Phi) is 6.85. The zero-order valence-electron chi connectivity index (χ0n) is 17.7. The second-order valence-electron chi connectivity index (χ2n) is 7.41. The van der Waals surface area contributed by atoms with Crippen LogP contribution in [0.15, 0.2) is 73.2 Å². The number of benzene rings is 2. The van der Waals surface area contributed by atoms with Gasteiger partial charge < -0.3 is 10.4 Å². The molecule has 0 bridgehead atoms. The van der Waals surface area contributed by atoms with Crippen molar-refractivity contribution in [2.75, 3.05) is 5.32 Å². The summed E-state index contributed by atoms with van der Waals surface area (Å²) in [6.45, 7) is 0.0797. The summed E-state index contributed by atoms with van der Waals surface area (Å²) in [4.78, 5) is 3.78. The van der Waals surface area contributed by atoms with Gasteiger partial charge in [0.05, 0.1) is 6.54 Å². The Morgan fingerprint density at radius 2 is 1.68 bits per heavy atom. The second kappa shape index (κ2) is 10.1. The van der Waals surface area contributed by atoms with E-state index in [2.05, 4.69) is 37.7 Å². The number of aliphatic hydroxyl groups is 1. The van der Waals surface area contributed by atoms with E-state index in [1.165, 1.54) is 24.4 Å². The van der Waals surface area contributed by atoms with Crippen LogP contribution in [0, 0.1) is 17.7 Å². The molecule has 1 unspecified atom stereocenters. The van der Waals surface area contributed by atoms with Gasteiger partial charge in [0.25, 0.3) is 0 Å². The van der Waals surface area contributed by atoms with Crippen molar-refractivity contribution >= 4 is 5.69 Å². The maximum Gasteiger partial charge on any atom is 0.316 e. The average molecular weight is 464 g/mol. The van der Waals surface area contributed by atoms with E-state index in [-0.39, 0.29) is 5.82 Å². The predicted octanol–water partition coefficient (Wildman–Crippen LogP) is 3.37. The zero-order chi connectivity index (χ0) is 24.0. The van der Waals surface area contributed by atoms with Crippen molar-refractivity contribution in [3.63, 3.8) is 0 Å². The van der Waals surface area contributed by atoms with Crippen molar-refractivity contribution in [1.82, 2.24) is 25.2 Å². The van der Waals surface area contributed by atoms with Gasteiger partial charge in [0.2, 0.25) is 0 Å². The Balaban J connectivity index is 1.35. The number of aromatic nitrogens is 5. The van der Waals surface area contributed by atoms with Crippen molar-refractivity contribution in [2.24, 2.45) is 0 Å². The summed E-state index contributed by atoms with van der Waals surface area (Å²) < 4.78 is 43.0. The normalized spacial score (nSPS) is 12.0. The zero-order valence-corrected chi connectivity index (χ0v) is 17.7. The van der Waals surface area contributed by atoms with Gasteiger partial charge in [-0.2, -0.15) is 8.78 Å². The van der Waals surface area contributed by atoms with Crippen molar-refractivity contribution in [3.05, 3.63) is 101 Å². The van der Waals surface area contributed by atoms with Gasteiger partial charge in [0, 0.05) is 29.6 Å². The van der Waals surface area contributed by atoms with Crippen LogP contribution < -0.4 is 5.32 Å². The number of hydrogen-bond acceptors (Lipinski definition) is 6. The van der Waals surface area contributed by atoms with Crippen molar-refractivity contribution in [2.45, 2.75) is 25.1 Å². The first-order valence-electron chi connectivity index (χ1n) is 10.2.